The number of ether oxygens (including phenoxy) is 2. The number of alkyl carbamates (subject to hydrolysis) is 1. The Hall–Kier alpha value is -4.30. The molecule has 39 heavy (non-hydrogen) atoms. The number of nitrogens with one attached hydrogen (secondary N) is 1. The Morgan fingerprint density at radius 3 is 2.36 bits per heavy atom. The van der Waals surface area contributed by atoms with Gasteiger partial charge in [-0.2, -0.15) is 5.10 Å². The number of nitrogens with zero attached hydrogens (tertiary/aromatic N) is 2. The van der Waals surface area contributed by atoms with Crippen LogP contribution in [0.4, 0.5) is 4.79 Å². The van der Waals surface area contributed by atoms with E-state index in [-0.39, 0.29) is 6.54 Å². The molecule has 2 unspecified atom stereocenters. The van der Waals surface area contributed by atoms with Crippen molar-refractivity contribution in [2.45, 2.75) is 45.9 Å². The van der Waals surface area contributed by atoms with E-state index in [1.165, 1.54) is 0 Å². The van der Waals surface area contributed by atoms with E-state index in [1.54, 1.807) is 42.8 Å². The van der Waals surface area contributed by atoms with Crippen LogP contribution in [-0.2, 0) is 22.7 Å². The molecule has 0 spiro atoms. The number of carboxylic acid groups (broad SMARTS) is 1. The lowest BCUT2D eigenvalue weighted by atomic mass is 10.0. The normalized spacial score (nSPS) is 12.4. The van der Waals surface area contributed by atoms with Crippen molar-refractivity contribution >= 4 is 23.7 Å². The van der Waals surface area contributed by atoms with E-state index in [0.717, 1.165) is 28.1 Å². The number of carbonyl (C=O) groups is 2. The SMILES string of the molecule is Cc1nn(-c2ccc(COc3ccccc3C(C)C(=O)O)cc2)cc1CNC(=O)OC(C)c1ccccc1Cl. The molecule has 9 heteroatoms. The number of carbonyl (C=O) groups excluding carboxylic acids is 1. The Labute approximate surface area is 232 Å². The Morgan fingerprint density at radius 2 is 1.67 bits per heavy atom. The lowest BCUT2D eigenvalue weighted by molar-refractivity contribution is -0.138. The summed E-state index contributed by atoms with van der Waals surface area (Å²) in [5, 5.41) is 17.2. The molecule has 0 aliphatic carbocycles. The third kappa shape index (κ3) is 6.97. The molecule has 1 heterocycles. The summed E-state index contributed by atoms with van der Waals surface area (Å²) in [5.41, 5.74) is 4.80. The first-order valence-electron chi connectivity index (χ1n) is 12.5. The van der Waals surface area contributed by atoms with Crippen molar-refractivity contribution < 1.29 is 24.2 Å². The van der Waals surface area contributed by atoms with Crippen LogP contribution in [0.2, 0.25) is 5.02 Å². The number of para-hydroxylation sites is 1. The number of aliphatic carboxylic acids is 1. The molecule has 3 aromatic carbocycles. The highest BCUT2D eigenvalue weighted by Gasteiger charge is 2.18. The van der Waals surface area contributed by atoms with Gasteiger partial charge < -0.3 is 19.9 Å². The van der Waals surface area contributed by atoms with E-state index in [0.29, 0.717) is 22.9 Å². The molecular weight excluding hydrogens is 518 g/mol. The van der Waals surface area contributed by atoms with Crippen LogP contribution in [0.15, 0.2) is 79.0 Å². The van der Waals surface area contributed by atoms with Crippen LogP contribution in [-0.4, -0.2) is 26.9 Å². The molecule has 0 saturated heterocycles. The number of amides is 1. The predicted molar refractivity (Wildman–Crippen MR) is 148 cm³/mol. The van der Waals surface area contributed by atoms with Crippen molar-refractivity contribution in [1.82, 2.24) is 15.1 Å². The number of carboxylic acids is 1. The maximum Gasteiger partial charge on any atom is 0.408 e. The van der Waals surface area contributed by atoms with Gasteiger partial charge in [0.15, 0.2) is 0 Å². The number of rotatable bonds is 10. The third-order valence-electron chi connectivity index (χ3n) is 6.40. The zero-order chi connectivity index (χ0) is 27.9. The quantitative estimate of drug-likeness (QED) is 0.232. The summed E-state index contributed by atoms with van der Waals surface area (Å²) in [6, 6.07) is 22.1. The standard InChI is InChI=1S/C30H30ClN3O5/c1-19(29(35)36)25-8-5-7-11-28(25)38-18-22-12-14-24(15-13-22)34-17-23(20(2)33-34)16-32-30(37)39-21(3)26-9-4-6-10-27(26)31/h4-15,17,19,21H,16,18H2,1-3H3,(H,32,37)(H,35,36). The van der Waals surface area contributed by atoms with Gasteiger partial charge in [-0.25, -0.2) is 9.48 Å². The number of aromatic nitrogens is 2. The maximum atomic E-state index is 12.3. The molecule has 0 bridgehead atoms. The first kappa shape index (κ1) is 27.7. The first-order chi connectivity index (χ1) is 18.7. The number of benzene rings is 3. The van der Waals surface area contributed by atoms with E-state index in [2.05, 4.69) is 10.4 Å². The highest BCUT2D eigenvalue weighted by Crippen LogP contribution is 2.28. The molecule has 0 aliphatic heterocycles. The zero-order valence-electron chi connectivity index (χ0n) is 21.9. The van der Waals surface area contributed by atoms with E-state index in [9.17, 15) is 14.7 Å². The number of hydrogen-bond donors (Lipinski definition) is 2. The Morgan fingerprint density at radius 1 is 1.00 bits per heavy atom. The summed E-state index contributed by atoms with van der Waals surface area (Å²) in [5.74, 6) is -1.01. The fraction of sp³-hybridized carbons (Fsp3) is 0.233. The van der Waals surface area contributed by atoms with E-state index in [4.69, 9.17) is 21.1 Å². The monoisotopic (exact) mass is 547 g/mol. The van der Waals surface area contributed by atoms with E-state index in [1.807, 2.05) is 61.7 Å². The molecule has 0 radical (unpaired) electrons. The third-order valence-corrected chi connectivity index (χ3v) is 6.75. The zero-order valence-corrected chi connectivity index (χ0v) is 22.7. The van der Waals surface area contributed by atoms with Gasteiger partial charge in [0.25, 0.3) is 0 Å². The summed E-state index contributed by atoms with van der Waals surface area (Å²) in [4.78, 5) is 23.8. The summed E-state index contributed by atoms with van der Waals surface area (Å²) in [6.45, 7) is 5.85. The van der Waals surface area contributed by atoms with Gasteiger partial charge in [-0.3, -0.25) is 4.79 Å². The molecule has 202 valence electrons. The molecule has 8 nitrogen and oxygen atoms in total. The molecule has 4 rings (SSSR count). The summed E-state index contributed by atoms with van der Waals surface area (Å²) < 4.78 is 13.2. The van der Waals surface area contributed by atoms with Gasteiger partial charge in [0.2, 0.25) is 0 Å². The van der Waals surface area contributed by atoms with Gasteiger partial charge in [-0.1, -0.05) is 60.1 Å². The minimum absolute atomic E-state index is 0.264. The van der Waals surface area contributed by atoms with Crippen LogP contribution >= 0.6 is 11.6 Å². The average molecular weight is 548 g/mol. The highest BCUT2D eigenvalue weighted by molar-refractivity contribution is 6.31. The van der Waals surface area contributed by atoms with Crippen molar-refractivity contribution in [3.05, 3.63) is 112 Å². The van der Waals surface area contributed by atoms with E-state index >= 15 is 0 Å². The molecule has 0 aliphatic rings. The Kier molecular flexibility index (Phi) is 8.88. The topological polar surface area (TPSA) is 103 Å². The van der Waals surface area contributed by atoms with Gasteiger partial charge in [-0.15, -0.1) is 0 Å². The Balaban J connectivity index is 1.34. The fourth-order valence-corrected chi connectivity index (χ4v) is 4.34. The van der Waals surface area contributed by atoms with Crippen molar-refractivity contribution in [3.8, 4) is 11.4 Å². The lowest BCUT2D eigenvalue weighted by Crippen LogP contribution is -2.25. The van der Waals surface area contributed by atoms with Crippen molar-refractivity contribution in [1.29, 1.82) is 0 Å². The maximum absolute atomic E-state index is 12.3. The molecular formula is C30H30ClN3O5. The van der Waals surface area contributed by atoms with Crippen LogP contribution in [0, 0.1) is 6.92 Å². The average Bonchev–Trinajstić information content (AvgIpc) is 3.31. The summed E-state index contributed by atoms with van der Waals surface area (Å²) in [7, 11) is 0. The smallest absolute Gasteiger partial charge is 0.408 e. The fourth-order valence-electron chi connectivity index (χ4n) is 4.05. The lowest BCUT2D eigenvalue weighted by Gasteiger charge is -2.15. The van der Waals surface area contributed by atoms with Crippen LogP contribution < -0.4 is 10.1 Å². The number of hydrogen-bond acceptors (Lipinski definition) is 5. The second-order valence-corrected chi connectivity index (χ2v) is 9.57. The van der Waals surface area contributed by atoms with Gasteiger partial charge in [-0.05, 0) is 50.6 Å². The molecule has 0 fully saturated rings. The summed E-state index contributed by atoms with van der Waals surface area (Å²) >= 11 is 6.19. The molecule has 2 N–H and O–H groups in total. The molecule has 4 aromatic rings. The summed E-state index contributed by atoms with van der Waals surface area (Å²) in [6.07, 6.45) is 0.833. The van der Waals surface area contributed by atoms with Crippen molar-refractivity contribution in [2.75, 3.05) is 0 Å². The highest BCUT2D eigenvalue weighted by atomic mass is 35.5. The minimum atomic E-state index is -0.900. The van der Waals surface area contributed by atoms with Gasteiger partial charge in [0.1, 0.15) is 18.5 Å². The predicted octanol–water partition coefficient (Wildman–Crippen LogP) is 6.59. The van der Waals surface area contributed by atoms with Crippen molar-refractivity contribution in [3.63, 3.8) is 0 Å². The second kappa shape index (κ2) is 12.5. The van der Waals surface area contributed by atoms with Crippen LogP contribution in [0.25, 0.3) is 5.69 Å². The van der Waals surface area contributed by atoms with Gasteiger partial charge >= 0.3 is 12.1 Å². The minimum Gasteiger partial charge on any atom is -0.489 e. The molecule has 1 aromatic heterocycles. The Bertz CT molecular complexity index is 1450. The van der Waals surface area contributed by atoms with Crippen LogP contribution in [0.3, 0.4) is 0 Å². The molecule has 0 saturated carbocycles. The molecule has 1 amide bonds. The number of halogens is 1. The van der Waals surface area contributed by atoms with Crippen molar-refractivity contribution in [2.24, 2.45) is 0 Å². The first-order valence-corrected chi connectivity index (χ1v) is 12.9. The van der Waals surface area contributed by atoms with Gasteiger partial charge in [0.05, 0.1) is 17.3 Å². The second-order valence-electron chi connectivity index (χ2n) is 9.16. The largest absolute Gasteiger partial charge is 0.489 e. The van der Waals surface area contributed by atoms with Crippen LogP contribution in [0.1, 0.15) is 53.8 Å². The van der Waals surface area contributed by atoms with E-state index < -0.39 is 24.1 Å². The molecule has 2 atom stereocenters. The van der Waals surface area contributed by atoms with Crippen LogP contribution in [0.5, 0.6) is 5.75 Å². The van der Waals surface area contributed by atoms with Gasteiger partial charge in [0, 0.05) is 34.5 Å². The number of aryl methyl sites for hydroxylation is 1.